The minimum absolute atomic E-state index is 0.162. The summed E-state index contributed by atoms with van der Waals surface area (Å²) < 4.78 is 11.8. The molecular weight excluding hydrogens is 203 g/mol. The van der Waals surface area contributed by atoms with Gasteiger partial charge in [0.2, 0.25) is 0 Å². The van der Waals surface area contributed by atoms with E-state index in [0.717, 1.165) is 25.6 Å². The first-order valence-corrected chi connectivity index (χ1v) is 6.20. The normalized spacial score (nSPS) is 32.4. The molecule has 0 amide bonds. The maximum absolute atomic E-state index is 11.6. The monoisotopic (exact) mass is 224 g/mol. The van der Waals surface area contributed by atoms with Gasteiger partial charge in [-0.2, -0.15) is 0 Å². The lowest BCUT2D eigenvalue weighted by Crippen LogP contribution is -2.41. The second-order valence-corrected chi connectivity index (χ2v) is 5.98. The summed E-state index contributed by atoms with van der Waals surface area (Å²) >= 11 is 0. The summed E-state index contributed by atoms with van der Waals surface area (Å²) in [5.74, 6) is 0.546. The van der Waals surface area contributed by atoms with Crippen molar-refractivity contribution >= 4 is 12.9 Å². The molecule has 1 saturated heterocycles. The highest BCUT2D eigenvalue weighted by Crippen LogP contribution is 2.39. The summed E-state index contributed by atoms with van der Waals surface area (Å²) in [5, 5.41) is 0. The van der Waals surface area contributed by atoms with Crippen LogP contribution in [-0.4, -0.2) is 24.1 Å². The quantitative estimate of drug-likeness (QED) is 0.676. The average molecular weight is 224 g/mol. The van der Waals surface area contributed by atoms with Crippen LogP contribution in [0.25, 0.3) is 0 Å². The summed E-state index contributed by atoms with van der Waals surface area (Å²) in [6, 6.07) is 0. The Kier molecular flexibility index (Phi) is 2.91. The Labute approximate surface area is 98.0 Å². The van der Waals surface area contributed by atoms with Gasteiger partial charge >= 0.3 is 7.12 Å². The van der Waals surface area contributed by atoms with Gasteiger partial charge in [-0.3, -0.25) is 4.79 Å². The molecule has 1 aliphatic heterocycles. The van der Waals surface area contributed by atoms with Crippen molar-refractivity contribution in [2.45, 2.75) is 64.5 Å². The first-order valence-electron chi connectivity index (χ1n) is 6.20. The van der Waals surface area contributed by atoms with Crippen LogP contribution in [0, 0.1) is 5.92 Å². The zero-order valence-corrected chi connectivity index (χ0v) is 10.7. The highest BCUT2D eigenvalue weighted by atomic mass is 16.7. The van der Waals surface area contributed by atoms with Gasteiger partial charge in [-0.1, -0.05) is 0 Å². The van der Waals surface area contributed by atoms with Crippen LogP contribution in [0.15, 0.2) is 0 Å². The molecule has 0 aromatic carbocycles. The van der Waals surface area contributed by atoms with Crippen molar-refractivity contribution in [3.05, 3.63) is 0 Å². The van der Waals surface area contributed by atoms with Crippen LogP contribution in [0.3, 0.4) is 0 Å². The number of hydrogen-bond donors (Lipinski definition) is 0. The van der Waals surface area contributed by atoms with Gasteiger partial charge in [0, 0.05) is 12.3 Å². The third kappa shape index (κ3) is 2.05. The maximum atomic E-state index is 11.6. The fourth-order valence-corrected chi connectivity index (χ4v) is 2.43. The Bertz CT molecular complexity index is 283. The fraction of sp³-hybridized carbons (Fsp3) is 0.917. The molecule has 1 heterocycles. The van der Waals surface area contributed by atoms with Gasteiger partial charge in [0.25, 0.3) is 0 Å². The van der Waals surface area contributed by atoms with Crippen LogP contribution in [0.5, 0.6) is 0 Å². The molecular formula is C12H21BO3. The van der Waals surface area contributed by atoms with Gasteiger partial charge in [-0.15, -0.1) is 0 Å². The largest absolute Gasteiger partial charge is 0.458 e. The van der Waals surface area contributed by atoms with Crippen molar-refractivity contribution < 1.29 is 14.1 Å². The topological polar surface area (TPSA) is 35.5 Å². The second kappa shape index (κ2) is 3.85. The zero-order valence-electron chi connectivity index (χ0n) is 10.7. The molecule has 0 aromatic heterocycles. The second-order valence-electron chi connectivity index (χ2n) is 5.98. The van der Waals surface area contributed by atoms with Crippen molar-refractivity contribution in [2.75, 3.05) is 0 Å². The summed E-state index contributed by atoms with van der Waals surface area (Å²) in [7, 11) is -0.211. The predicted octanol–water partition coefficient (Wildman–Crippen LogP) is 2.45. The molecule has 0 unspecified atom stereocenters. The van der Waals surface area contributed by atoms with E-state index < -0.39 is 0 Å². The minimum atomic E-state index is -0.278. The van der Waals surface area contributed by atoms with Gasteiger partial charge in [0.15, 0.2) is 0 Å². The van der Waals surface area contributed by atoms with E-state index in [-0.39, 0.29) is 24.2 Å². The lowest BCUT2D eigenvalue weighted by molar-refractivity contribution is -0.120. The molecule has 4 heteroatoms. The maximum Gasteiger partial charge on any atom is 0.458 e. The van der Waals surface area contributed by atoms with Gasteiger partial charge in [-0.25, -0.2) is 0 Å². The fourth-order valence-electron chi connectivity index (χ4n) is 2.43. The van der Waals surface area contributed by atoms with Gasteiger partial charge in [0.1, 0.15) is 5.78 Å². The Morgan fingerprint density at radius 1 is 1.25 bits per heavy atom. The lowest BCUT2D eigenvalue weighted by atomic mass is 9.76. The Hall–Kier alpha value is -0.345. The van der Waals surface area contributed by atoms with Crippen LogP contribution < -0.4 is 0 Å². The van der Waals surface area contributed by atoms with E-state index in [1.165, 1.54) is 0 Å². The molecule has 2 fully saturated rings. The molecule has 1 aliphatic carbocycles. The summed E-state index contributed by atoms with van der Waals surface area (Å²) in [6.45, 7) is 8.18. The van der Waals surface area contributed by atoms with Crippen LogP contribution >= 0.6 is 0 Å². The molecule has 90 valence electrons. The highest BCUT2D eigenvalue weighted by Gasteiger charge is 2.51. The van der Waals surface area contributed by atoms with Crippen molar-refractivity contribution in [3.63, 3.8) is 0 Å². The molecule has 3 nitrogen and oxygen atoms in total. The number of Topliss-reactive ketones (excluding diaryl/α,β-unsaturated/α-hetero) is 1. The number of ketones is 1. The molecule has 0 N–H and O–H groups in total. The molecule has 16 heavy (non-hydrogen) atoms. The van der Waals surface area contributed by atoms with Crippen LogP contribution in [-0.2, 0) is 14.1 Å². The van der Waals surface area contributed by atoms with Crippen LogP contribution in [0.4, 0.5) is 0 Å². The van der Waals surface area contributed by atoms with Crippen molar-refractivity contribution in [1.29, 1.82) is 0 Å². The van der Waals surface area contributed by atoms with Crippen LogP contribution in [0.2, 0.25) is 6.32 Å². The molecule has 1 saturated carbocycles. The molecule has 1 atom stereocenters. The van der Waals surface area contributed by atoms with E-state index in [2.05, 4.69) is 0 Å². The predicted molar refractivity (Wildman–Crippen MR) is 63.2 cm³/mol. The third-order valence-corrected chi connectivity index (χ3v) is 4.21. The smallest absolute Gasteiger partial charge is 0.403 e. The number of rotatable bonds is 2. The highest BCUT2D eigenvalue weighted by molar-refractivity contribution is 6.46. The summed E-state index contributed by atoms with van der Waals surface area (Å²) in [4.78, 5) is 11.6. The van der Waals surface area contributed by atoms with E-state index in [4.69, 9.17) is 9.31 Å². The van der Waals surface area contributed by atoms with Crippen molar-refractivity contribution in [2.24, 2.45) is 5.92 Å². The molecule has 0 spiro atoms. The van der Waals surface area contributed by atoms with E-state index in [0.29, 0.717) is 5.78 Å². The van der Waals surface area contributed by atoms with Crippen molar-refractivity contribution in [3.8, 4) is 0 Å². The number of carbonyl (C=O) groups is 1. The Morgan fingerprint density at radius 2 is 1.81 bits per heavy atom. The molecule has 2 aliphatic rings. The average Bonchev–Trinajstić information content (AvgIpc) is 2.57. The standard InChI is InChI=1S/C12H21BO3/c1-11(2)12(3,4)16-13(15-11)8-9-6-5-7-10(9)14/h9H,5-8H2,1-4H3/t9-/m0/s1. The van der Waals surface area contributed by atoms with Gasteiger partial charge < -0.3 is 9.31 Å². The third-order valence-electron chi connectivity index (χ3n) is 4.21. The first kappa shape index (κ1) is 12.1. The molecule has 2 rings (SSSR count). The SMILES string of the molecule is CC1(C)OB(C[C@@H]2CCCC2=O)OC1(C)C. The van der Waals surface area contributed by atoms with E-state index in [1.54, 1.807) is 0 Å². The minimum Gasteiger partial charge on any atom is -0.403 e. The number of carbonyl (C=O) groups excluding carboxylic acids is 1. The zero-order chi connectivity index (χ0) is 12.0. The summed E-state index contributed by atoms with van der Waals surface area (Å²) in [5.41, 5.74) is -0.557. The Morgan fingerprint density at radius 3 is 2.25 bits per heavy atom. The van der Waals surface area contributed by atoms with Crippen LogP contribution in [0.1, 0.15) is 47.0 Å². The van der Waals surface area contributed by atoms with Crippen molar-refractivity contribution in [1.82, 2.24) is 0 Å². The Balaban J connectivity index is 1.96. The van der Waals surface area contributed by atoms with Gasteiger partial charge in [0.05, 0.1) is 11.2 Å². The van der Waals surface area contributed by atoms with E-state index in [9.17, 15) is 4.79 Å². The first-order chi connectivity index (χ1) is 7.32. The lowest BCUT2D eigenvalue weighted by Gasteiger charge is -2.32. The molecule has 0 radical (unpaired) electrons. The summed E-state index contributed by atoms with van der Waals surface area (Å²) in [6.07, 6.45) is 3.50. The van der Waals surface area contributed by atoms with Gasteiger partial charge in [-0.05, 0) is 46.9 Å². The van der Waals surface area contributed by atoms with E-state index in [1.807, 2.05) is 27.7 Å². The van der Waals surface area contributed by atoms with E-state index >= 15 is 0 Å². The molecule has 0 aromatic rings. The number of hydrogen-bond acceptors (Lipinski definition) is 3. The molecule has 0 bridgehead atoms.